The fraction of sp³-hybridized carbons (Fsp3) is 0.333. The van der Waals surface area contributed by atoms with Gasteiger partial charge >= 0.3 is 0 Å². The average molecular weight is 286 g/mol. The van der Waals surface area contributed by atoms with Gasteiger partial charge in [-0.05, 0) is 54.7 Å². The molecule has 0 atom stereocenters. The van der Waals surface area contributed by atoms with Gasteiger partial charge in [0.2, 0.25) is 0 Å². The van der Waals surface area contributed by atoms with E-state index in [9.17, 15) is 10.2 Å². The van der Waals surface area contributed by atoms with Gasteiger partial charge in [-0.25, -0.2) is 0 Å². The summed E-state index contributed by atoms with van der Waals surface area (Å²) in [5.74, 6) is 2.03. The zero-order chi connectivity index (χ0) is 15.6. The van der Waals surface area contributed by atoms with Crippen LogP contribution in [0.2, 0.25) is 0 Å². The van der Waals surface area contributed by atoms with Gasteiger partial charge in [-0.3, -0.25) is 0 Å². The zero-order valence-electron chi connectivity index (χ0n) is 13.0. The Bertz CT molecular complexity index is 622. The van der Waals surface area contributed by atoms with E-state index in [1.165, 1.54) is 0 Å². The van der Waals surface area contributed by atoms with Crippen molar-refractivity contribution < 1.29 is 14.9 Å². The third-order valence-electron chi connectivity index (χ3n) is 3.54. The van der Waals surface area contributed by atoms with Crippen molar-refractivity contribution in [2.45, 2.75) is 40.2 Å². The molecule has 0 aliphatic heterocycles. The second-order valence-corrected chi connectivity index (χ2v) is 5.69. The van der Waals surface area contributed by atoms with Crippen LogP contribution in [0.25, 0.3) is 0 Å². The standard InChI is InChI=1S/C18H22O3/c1-11(2)16-9-15(5-6-17(16)20)21-18-12(3)7-14(10-19)8-13(18)4/h5-9,11,19-20H,10H2,1-4H3. The number of ether oxygens (including phenoxy) is 1. The first-order valence-electron chi connectivity index (χ1n) is 7.14. The lowest BCUT2D eigenvalue weighted by Crippen LogP contribution is -1.96. The summed E-state index contributed by atoms with van der Waals surface area (Å²) in [6.45, 7) is 8.02. The summed E-state index contributed by atoms with van der Waals surface area (Å²) in [6.07, 6.45) is 0. The van der Waals surface area contributed by atoms with Crippen molar-refractivity contribution in [1.82, 2.24) is 0 Å². The van der Waals surface area contributed by atoms with Gasteiger partial charge in [-0.1, -0.05) is 26.0 Å². The van der Waals surface area contributed by atoms with E-state index in [1.54, 1.807) is 12.1 Å². The van der Waals surface area contributed by atoms with Crippen molar-refractivity contribution in [3.8, 4) is 17.2 Å². The van der Waals surface area contributed by atoms with Gasteiger partial charge < -0.3 is 14.9 Å². The number of hydrogen-bond donors (Lipinski definition) is 2. The molecular formula is C18H22O3. The molecule has 3 nitrogen and oxygen atoms in total. The second kappa shape index (κ2) is 6.19. The SMILES string of the molecule is Cc1cc(CO)cc(C)c1Oc1ccc(O)c(C(C)C)c1. The summed E-state index contributed by atoms with van der Waals surface area (Å²) in [6, 6.07) is 9.15. The normalized spacial score (nSPS) is 11.0. The molecule has 0 unspecified atom stereocenters. The first-order chi connectivity index (χ1) is 9.92. The molecular weight excluding hydrogens is 264 g/mol. The number of hydrogen-bond acceptors (Lipinski definition) is 3. The maximum absolute atomic E-state index is 9.87. The topological polar surface area (TPSA) is 49.7 Å². The lowest BCUT2D eigenvalue weighted by Gasteiger charge is -2.15. The number of aromatic hydroxyl groups is 1. The quantitative estimate of drug-likeness (QED) is 0.875. The van der Waals surface area contributed by atoms with Crippen LogP contribution in [0.4, 0.5) is 0 Å². The van der Waals surface area contributed by atoms with Crippen LogP contribution in [0, 0.1) is 13.8 Å². The number of benzene rings is 2. The van der Waals surface area contributed by atoms with Crippen molar-refractivity contribution in [1.29, 1.82) is 0 Å². The third kappa shape index (κ3) is 3.37. The average Bonchev–Trinajstić information content (AvgIpc) is 2.43. The van der Waals surface area contributed by atoms with Crippen molar-refractivity contribution in [2.75, 3.05) is 0 Å². The van der Waals surface area contributed by atoms with Crippen molar-refractivity contribution in [3.05, 3.63) is 52.6 Å². The Labute approximate surface area is 125 Å². The number of phenols is 1. The van der Waals surface area contributed by atoms with Crippen molar-refractivity contribution in [2.24, 2.45) is 0 Å². The molecule has 2 aromatic carbocycles. The number of rotatable bonds is 4. The minimum absolute atomic E-state index is 0.0265. The summed E-state index contributed by atoms with van der Waals surface area (Å²) >= 11 is 0. The predicted molar refractivity (Wildman–Crippen MR) is 84.1 cm³/mol. The van der Waals surface area contributed by atoms with Crippen LogP contribution in [0.5, 0.6) is 17.2 Å². The lowest BCUT2D eigenvalue weighted by atomic mass is 10.0. The monoisotopic (exact) mass is 286 g/mol. The van der Waals surface area contributed by atoms with E-state index in [1.807, 2.05) is 45.9 Å². The van der Waals surface area contributed by atoms with Crippen LogP contribution in [0.1, 0.15) is 42.0 Å². The molecule has 0 aliphatic rings. The van der Waals surface area contributed by atoms with Gasteiger partial charge in [-0.15, -0.1) is 0 Å². The van der Waals surface area contributed by atoms with Crippen LogP contribution in [-0.4, -0.2) is 10.2 Å². The maximum Gasteiger partial charge on any atom is 0.133 e. The third-order valence-corrected chi connectivity index (χ3v) is 3.54. The molecule has 0 aromatic heterocycles. The molecule has 0 heterocycles. The number of aliphatic hydroxyl groups is 1. The summed E-state index contributed by atoms with van der Waals surface area (Å²) < 4.78 is 5.99. The van der Waals surface area contributed by atoms with Crippen LogP contribution >= 0.6 is 0 Å². The molecule has 0 amide bonds. The number of phenolic OH excluding ortho intramolecular Hbond substituents is 1. The molecule has 21 heavy (non-hydrogen) atoms. The molecule has 0 radical (unpaired) electrons. The molecule has 2 N–H and O–H groups in total. The fourth-order valence-corrected chi connectivity index (χ4v) is 2.47. The Kier molecular flexibility index (Phi) is 4.53. The van der Waals surface area contributed by atoms with E-state index in [0.717, 1.165) is 28.0 Å². The highest BCUT2D eigenvalue weighted by atomic mass is 16.5. The van der Waals surface area contributed by atoms with Crippen LogP contribution < -0.4 is 4.74 Å². The fourth-order valence-electron chi connectivity index (χ4n) is 2.47. The second-order valence-electron chi connectivity index (χ2n) is 5.69. The molecule has 0 saturated heterocycles. The van der Waals surface area contributed by atoms with E-state index in [0.29, 0.717) is 11.5 Å². The first kappa shape index (κ1) is 15.4. The Balaban J connectivity index is 2.37. The number of aliphatic hydroxyl groups excluding tert-OH is 1. The van der Waals surface area contributed by atoms with Gasteiger partial charge in [0.25, 0.3) is 0 Å². The van der Waals surface area contributed by atoms with Crippen LogP contribution in [0.3, 0.4) is 0 Å². The van der Waals surface area contributed by atoms with Gasteiger partial charge in [0.1, 0.15) is 17.2 Å². The highest BCUT2D eigenvalue weighted by Crippen LogP contribution is 2.34. The molecule has 112 valence electrons. The van der Waals surface area contributed by atoms with E-state index >= 15 is 0 Å². The Morgan fingerprint density at radius 1 is 1.05 bits per heavy atom. The molecule has 0 bridgehead atoms. The largest absolute Gasteiger partial charge is 0.508 e. The highest BCUT2D eigenvalue weighted by Gasteiger charge is 2.11. The Morgan fingerprint density at radius 2 is 1.67 bits per heavy atom. The predicted octanol–water partition coefficient (Wildman–Crippen LogP) is 4.42. The molecule has 3 heteroatoms. The minimum atomic E-state index is 0.0265. The summed E-state index contributed by atoms with van der Waals surface area (Å²) in [7, 11) is 0. The van der Waals surface area contributed by atoms with Gasteiger partial charge in [0.05, 0.1) is 6.61 Å². The van der Waals surface area contributed by atoms with Gasteiger partial charge in [0.15, 0.2) is 0 Å². The van der Waals surface area contributed by atoms with E-state index in [-0.39, 0.29) is 12.5 Å². The smallest absolute Gasteiger partial charge is 0.133 e. The van der Waals surface area contributed by atoms with E-state index in [2.05, 4.69) is 0 Å². The molecule has 0 aliphatic carbocycles. The summed E-state index contributed by atoms with van der Waals surface area (Å²) in [5.41, 5.74) is 3.72. The molecule has 2 rings (SSSR count). The highest BCUT2D eigenvalue weighted by molar-refractivity contribution is 5.48. The Hall–Kier alpha value is -2.00. The lowest BCUT2D eigenvalue weighted by molar-refractivity contribution is 0.281. The number of aryl methyl sites for hydroxylation is 2. The van der Waals surface area contributed by atoms with Crippen molar-refractivity contribution >= 4 is 0 Å². The van der Waals surface area contributed by atoms with Crippen LogP contribution in [0.15, 0.2) is 30.3 Å². The van der Waals surface area contributed by atoms with Gasteiger partial charge in [-0.2, -0.15) is 0 Å². The summed E-state index contributed by atoms with van der Waals surface area (Å²) in [5, 5.41) is 19.1. The molecule has 0 saturated carbocycles. The minimum Gasteiger partial charge on any atom is -0.508 e. The molecule has 0 fully saturated rings. The molecule has 2 aromatic rings. The first-order valence-corrected chi connectivity index (χ1v) is 7.14. The van der Waals surface area contributed by atoms with E-state index < -0.39 is 0 Å². The van der Waals surface area contributed by atoms with Gasteiger partial charge in [0, 0.05) is 5.56 Å². The zero-order valence-corrected chi connectivity index (χ0v) is 13.0. The van der Waals surface area contributed by atoms with Crippen LogP contribution in [-0.2, 0) is 6.61 Å². The summed E-state index contributed by atoms with van der Waals surface area (Å²) in [4.78, 5) is 0. The van der Waals surface area contributed by atoms with Crippen molar-refractivity contribution in [3.63, 3.8) is 0 Å². The Morgan fingerprint density at radius 3 is 2.19 bits per heavy atom. The maximum atomic E-state index is 9.87. The van der Waals surface area contributed by atoms with E-state index in [4.69, 9.17) is 4.74 Å². The molecule has 0 spiro atoms.